The van der Waals surface area contributed by atoms with Gasteiger partial charge in [-0.1, -0.05) is 23.8 Å². The molecule has 0 aromatic carbocycles. The Balaban J connectivity index is 2.91. The molecule has 0 aromatic heterocycles. The van der Waals surface area contributed by atoms with Crippen molar-refractivity contribution in [1.29, 1.82) is 0 Å². The standard InChI is InChI=1S/C6H13P2Si/c7-3-1-5-9-6-2-4-8/h1-4,9H,5-8H2. The van der Waals surface area contributed by atoms with Crippen LogP contribution in [0.25, 0.3) is 0 Å². The van der Waals surface area contributed by atoms with Crippen LogP contribution in [0.4, 0.5) is 0 Å². The fourth-order valence-corrected chi connectivity index (χ4v) is 2.28. The molecule has 0 heterocycles. The Kier molecular flexibility index (Phi) is 9.09. The van der Waals surface area contributed by atoms with Crippen LogP contribution in [0.5, 0.6) is 0 Å². The summed E-state index contributed by atoms with van der Waals surface area (Å²) in [5.41, 5.74) is 0. The Bertz CT molecular complexity index is 87.2. The van der Waals surface area contributed by atoms with E-state index in [4.69, 9.17) is 0 Å². The van der Waals surface area contributed by atoms with Gasteiger partial charge in [-0.15, -0.1) is 18.5 Å². The van der Waals surface area contributed by atoms with E-state index >= 15 is 0 Å². The van der Waals surface area contributed by atoms with Gasteiger partial charge in [0.15, 0.2) is 0 Å². The van der Waals surface area contributed by atoms with Crippen LogP contribution in [-0.2, 0) is 0 Å². The molecular weight excluding hydrogens is 162 g/mol. The zero-order valence-electron chi connectivity index (χ0n) is 5.46. The molecule has 9 heavy (non-hydrogen) atoms. The second-order valence-electron chi connectivity index (χ2n) is 1.62. The van der Waals surface area contributed by atoms with Crippen molar-refractivity contribution in [2.75, 3.05) is 0 Å². The number of hydrogen-bond acceptors (Lipinski definition) is 0. The van der Waals surface area contributed by atoms with Crippen molar-refractivity contribution in [3.05, 3.63) is 23.8 Å². The van der Waals surface area contributed by atoms with Crippen LogP contribution in [0, 0.1) is 0 Å². The van der Waals surface area contributed by atoms with E-state index in [0.29, 0.717) is 9.52 Å². The molecule has 0 bridgehead atoms. The lowest BCUT2D eigenvalue weighted by molar-refractivity contribution is 1.60. The molecule has 1 radical (unpaired) electrons. The molecule has 0 saturated heterocycles. The molecule has 0 aliphatic rings. The number of rotatable bonds is 4. The first-order chi connectivity index (χ1) is 4.41. The van der Waals surface area contributed by atoms with Crippen molar-refractivity contribution in [1.82, 2.24) is 0 Å². The molecule has 2 atom stereocenters. The minimum absolute atomic E-state index is 0.617. The molecule has 0 nitrogen and oxygen atoms in total. The summed E-state index contributed by atoms with van der Waals surface area (Å²) in [7, 11) is 5.79. The second-order valence-corrected chi connectivity index (χ2v) is 3.91. The van der Waals surface area contributed by atoms with Crippen LogP contribution in [0.3, 0.4) is 0 Å². The molecule has 0 aliphatic heterocycles. The molecular formula is C6H13P2Si. The van der Waals surface area contributed by atoms with Crippen molar-refractivity contribution in [2.24, 2.45) is 0 Å². The SMILES string of the molecule is PC=CC[SiH]CC=CP. The summed E-state index contributed by atoms with van der Waals surface area (Å²) >= 11 is 0. The molecule has 0 amide bonds. The lowest BCUT2D eigenvalue weighted by Crippen LogP contribution is -1.80. The van der Waals surface area contributed by atoms with Gasteiger partial charge < -0.3 is 0 Å². The van der Waals surface area contributed by atoms with E-state index in [1.165, 1.54) is 12.1 Å². The highest BCUT2D eigenvalue weighted by Gasteiger charge is 1.78. The molecule has 0 N–H and O–H groups in total. The van der Waals surface area contributed by atoms with E-state index in [1.54, 1.807) is 0 Å². The first kappa shape index (κ1) is 9.56. The molecule has 0 aliphatic carbocycles. The van der Waals surface area contributed by atoms with Gasteiger partial charge in [0.05, 0.1) is 0 Å². The summed E-state index contributed by atoms with van der Waals surface area (Å²) in [6.45, 7) is 0. The zero-order valence-corrected chi connectivity index (χ0v) is 8.92. The lowest BCUT2D eigenvalue weighted by Gasteiger charge is -1.85. The number of hydrogen-bond donors (Lipinski definition) is 0. The zero-order chi connectivity index (χ0) is 6.95. The van der Waals surface area contributed by atoms with Crippen molar-refractivity contribution < 1.29 is 0 Å². The van der Waals surface area contributed by atoms with Gasteiger partial charge >= 0.3 is 0 Å². The minimum atomic E-state index is 0.617. The molecule has 0 fully saturated rings. The highest BCUT2D eigenvalue weighted by Crippen LogP contribution is 1.94. The molecule has 0 saturated carbocycles. The summed E-state index contributed by atoms with van der Waals surface area (Å²) in [6.07, 6.45) is 4.41. The Hall–Kier alpha value is 0.557. The Morgan fingerprint density at radius 2 is 1.44 bits per heavy atom. The van der Waals surface area contributed by atoms with Gasteiger partial charge in [0.25, 0.3) is 0 Å². The normalized spacial score (nSPS) is 11.8. The summed E-state index contributed by atoms with van der Waals surface area (Å²) in [5, 5.41) is 0. The predicted octanol–water partition coefficient (Wildman–Crippen LogP) is 2.04. The van der Waals surface area contributed by atoms with Gasteiger partial charge in [0.2, 0.25) is 0 Å². The van der Waals surface area contributed by atoms with E-state index in [1.807, 2.05) is 11.6 Å². The summed E-state index contributed by atoms with van der Waals surface area (Å²) in [4.78, 5) is 0. The monoisotopic (exact) mass is 175 g/mol. The van der Waals surface area contributed by atoms with Crippen LogP contribution in [0.1, 0.15) is 0 Å². The Morgan fingerprint density at radius 1 is 1.00 bits per heavy atom. The third-order valence-electron chi connectivity index (χ3n) is 0.878. The van der Waals surface area contributed by atoms with Gasteiger partial charge in [-0.05, 0) is 12.1 Å². The first-order valence-electron chi connectivity index (χ1n) is 2.97. The summed E-state index contributed by atoms with van der Waals surface area (Å²) < 4.78 is 0. The highest BCUT2D eigenvalue weighted by molar-refractivity contribution is 7.20. The summed E-state index contributed by atoms with van der Waals surface area (Å²) in [6, 6.07) is 2.55. The minimum Gasteiger partial charge on any atom is -0.114 e. The van der Waals surface area contributed by atoms with E-state index in [-0.39, 0.29) is 0 Å². The van der Waals surface area contributed by atoms with Gasteiger partial charge in [0.1, 0.15) is 0 Å². The van der Waals surface area contributed by atoms with Crippen molar-refractivity contribution in [3.63, 3.8) is 0 Å². The van der Waals surface area contributed by atoms with Gasteiger partial charge in [-0.2, -0.15) is 0 Å². The second kappa shape index (κ2) is 8.56. The molecule has 51 valence electrons. The largest absolute Gasteiger partial charge is 0.114 e. The molecule has 2 unspecified atom stereocenters. The Labute approximate surface area is 64.4 Å². The lowest BCUT2D eigenvalue weighted by atomic mass is 10.7. The van der Waals surface area contributed by atoms with Crippen LogP contribution >= 0.6 is 18.5 Å². The maximum absolute atomic E-state index is 2.59. The fourth-order valence-electron chi connectivity index (χ4n) is 0.446. The van der Waals surface area contributed by atoms with Crippen LogP contribution in [0.15, 0.2) is 23.8 Å². The van der Waals surface area contributed by atoms with Crippen molar-refractivity contribution in [2.45, 2.75) is 12.1 Å². The Morgan fingerprint density at radius 3 is 1.78 bits per heavy atom. The average Bonchev–Trinajstić information content (AvgIpc) is 1.89. The molecule has 0 spiro atoms. The van der Waals surface area contributed by atoms with E-state index in [2.05, 4.69) is 30.6 Å². The van der Waals surface area contributed by atoms with Crippen LogP contribution < -0.4 is 0 Å². The predicted molar refractivity (Wildman–Crippen MR) is 54.5 cm³/mol. The fraction of sp³-hybridized carbons (Fsp3) is 0.333. The van der Waals surface area contributed by atoms with Crippen molar-refractivity contribution >= 4 is 28.0 Å². The third-order valence-corrected chi connectivity index (χ3v) is 2.63. The third kappa shape index (κ3) is 8.56. The molecule has 0 rings (SSSR count). The van der Waals surface area contributed by atoms with Gasteiger partial charge in [0, 0.05) is 9.52 Å². The summed E-state index contributed by atoms with van der Waals surface area (Å²) in [5.74, 6) is 4.08. The molecule has 0 aromatic rings. The number of allylic oxidation sites excluding steroid dienone is 2. The quantitative estimate of drug-likeness (QED) is 0.348. The van der Waals surface area contributed by atoms with E-state index in [0.717, 1.165) is 0 Å². The van der Waals surface area contributed by atoms with Crippen LogP contribution in [-0.4, -0.2) is 9.52 Å². The van der Waals surface area contributed by atoms with E-state index < -0.39 is 0 Å². The van der Waals surface area contributed by atoms with Gasteiger partial charge in [-0.3, -0.25) is 0 Å². The first-order valence-corrected chi connectivity index (χ1v) is 5.93. The molecule has 3 heteroatoms. The maximum atomic E-state index is 2.59. The maximum Gasteiger partial charge on any atom is 0.0363 e. The van der Waals surface area contributed by atoms with Gasteiger partial charge in [-0.25, -0.2) is 0 Å². The smallest absolute Gasteiger partial charge is 0.0363 e. The van der Waals surface area contributed by atoms with Crippen molar-refractivity contribution in [3.8, 4) is 0 Å². The van der Waals surface area contributed by atoms with E-state index in [9.17, 15) is 0 Å². The highest BCUT2D eigenvalue weighted by atomic mass is 31.0. The average molecular weight is 175 g/mol. The van der Waals surface area contributed by atoms with Crippen LogP contribution in [0.2, 0.25) is 12.1 Å². The topological polar surface area (TPSA) is 0 Å².